The summed E-state index contributed by atoms with van der Waals surface area (Å²) in [6, 6.07) is 0. The Kier molecular flexibility index (Phi) is 7.57. The van der Waals surface area contributed by atoms with Gasteiger partial charge in [-0.15, -0.1) is 11.8 Å². The maximum atomic E-state index is 12.1. The number of carbonyl (C=O) groups is 1. The average Bonchev–Trinajstić information content (AvgIpc) is 3.09. The molecule has 3 aliphatic carbocycles. The fourth-order valence-corrected chi connectivity index (χ4v) is 6.56. The maximum Gasteiger partial charge on any atom is 0.255 e. The van der Waals surface area contributed by atoms with Crippen LogP contribution in [0.1, 0.15) is 58.8 Å². The van der Waals surface area contributed by atoms with E-state index in [-0.39, 0.29) is 23.5 Å². The highest BCUT2D eigenvalue weighted by Gasteiger charge is 2.44. The van der Waals surface area contributed by atoms with Gasteiger partial charge >= 0.3 is 0 Å². The predicted octanol–water partition coefficient (Wildman–Crippen LogP) is 4.54. The molecule has 0 aromatic carbocycles. The first-order chi connectivity index (χ1) is 14.6. The number of allylic oxidation sites excluding steroid dienone is 5. The van der Waals surface area contributed by atoms with Crippen LogP contribution in [-0.4, -0.2) is 52.1 Å². The molecule has 31 heavy (non-hydrogen) atoms. The van der Waals surface area contributed by atoms with Crippen LogP contribution in [-0.2, 0) is 9.63 Å². The molecule has 2 N–H and O–H groups in total. The van der Waals surface area contributed by atoms with E-state index in [2.05, 4.69) is 32.6 Å². The molecule has 0 saturated heterocycles. The zero-order valence-corrected chi connectivity index (χ0v) is 20.1. The molecule has 0 bridgehead atoms. The smallest absolute Gasteiger partial charge is 0.255 e. The van der Waals surface area contributed by atoms with Gasteiger partial charge in [0.1, 0.15) is 4.93 Å². The standard InChI is InChI=1S/C25H37NO4S/c1-6-20-11-12-21-18(8-7-13-24(20,21)3)9-10-19-14-25(29,15-22(27)17(19)2)31-16-23(28)26(4)30-5/h9-11,21-22,27,29H,2,6-8,12-16H2,1,3-5H3/t21?,22-,24+,25?/m0/s1. The number of amides is 1. The average molecular weight is 448 g/mol. The molecular formula is C25H37NO4S. The Labute approximate surface area is 190 Å². The third-order valence-electron chi connectivity index (χ3n) is 7.47. The zero-order valence-electron chi connectivity index (χ0n) is 19.3. The lowest BCUT2D eigenvalue weighted by molar-refractivity contribution is -0.165. The van der Waals surface area contributed by atoms with Gasteiger partial charge in [-0.05, 0) is 54.6 Å². The Balaban J connectivity index is 1.76. The van der Waals surface area contributed by atoms with Gasteiger partial charge in [0.15, 0.2) is 0 Å². The van der Waals surface area contributed by atoms with Crippen molar-refractivity contribution < 1.29 is 19.8 Å². The van der Waals surface area contributed by atoms with Crippen molar-refractivity contribution in [1.82, 2.24) is 5.06 Å². The molecule has 4 atom stereocenters. The number of nitrogens with zero attached hydrogens (tertiary/aromatic N) is 1. The number of fused-ring (bicyclic) bond motifs is 1. The number of aliphatic hydroxyl groups excluding tert-OH is 1. The molecular weight excluding hydrogens is 410 g/mol. The molecule has 2 saturated carbocycles. The third kappa shape index (κ3) is 5.03. The summed E-state index contributed by atoms with van der Waals surface area (Å²) in [6.45, 7) is 8.73. The monoisotopic (exact) mass is 447 g/mol. The van der Waals surface area contributed by atoms with E-state index >= 15 is 0 Å². The van der Waals surface area contributed by atoms with Crippen LogP contribution in [0.5, 0.6) is 0 Å². The highest BCUT2D eigenvalue weighted by molar-refractivity contribution is 8.01. The molecule has 0 aliphatic heterocycles. The van der Waals surface area contributed by atoms with Crippen molar-refractivity contribution >= 4 is 17.7 Å². The molecule has 0 aromatic heterocycles. The van der Waals surface area contributed by atoms with Gasteiger partial charge in [0.25, 0.3) is 5.91 Å². The molecule has 6 heteroatoms. The Bertz CT molecular complexity index is 816. The van der Waals surface area contributed by atoms with Crippen LogP contribution in [0, 0.1) is 11.3 Å². The second-order valence-electron chi connectivity index (χ2n) is 9.31. The second kappa shape index (κ2) is 9.65. The maximum absolute atomic E-state index is 12.1. The summed E-state index contributed by atoms with van der Waals surface area (Å²) in [5.74, 6) is 0.403. The van der Waals surface area contributed by atoms with E-state index in [4.69, 9.17) is 4.84 Å². The Morgan fingerprint density at radius 1 is 1.45 bits per heavy atom. The number of hydrogen-bond acceptors (Lipinski definition) is 5. The molecule has 172 valence electrons. The summed E-state index contributed by atoms with van der Waals surface area (Å²) in [6.07, 6.45) is 12.2. The van der Waals surface area contributed by atoms with Gasteiger partial charge in [-0.2, -0.15) is 0 Å². The minimum absolute atomic E-state index is 0.0836. The molecule has 0 aromatic rings. The van der Waals surface area contributed by atoms with E-state index in [0.717, 1.165) is 41.7 Å². The van der Waals surface area contributed by atoms with Crippen molar-refractivity contribution in [2.75, 3.05) is 19.9 Å². The Morgan fingerprint density at radius 3 is 2.87 bits per heavy atom. The molecule has 5 nitrogen and oxygen atoms in total. The molecule has 3 aliphatic rings. The number of carbonyl (C=O) groups excluding carboxylic acids is 1. The molecule has 2 fully saturated rings. The summed E-state index contributed by atoms with van der Waals surface area (Å²) in [4.78, 5) is 15.8. The van der Waals surface area contributed by atoms with Crippen molar-refractivity contribution in [2.45, 2.75) is 69.8 Å². The van der Waals surface area contributed by atoms with Crippen LogP contribution in [0.15, 0.2) is 47.1 Å². The van der Waals surface area contributed by atoms with Crippen LogP contribution in [0.3, 0.4) is 0 Å². The van der Waals surface area contributed by atoms with Crippen molar-refractivity contribution in [3.05, 3.63) is 47.1 Å². The van der Waals surface area contributed by atoms with Crippen LogP contribution >= 0.6 is 11.8 Å². The fourth-order valence-electron chi connectivity index (χ4n) is 5.45. The minimum Gasteiger partial charge on any atom is -0.388 e. The Hall–Kier alpha value is -1.34. The first-order valence-electron chi connectivity index (χ1n) is 11.3. The number of hydrogen-bond donors (Lipinski definition) is 2. The SMILES string of the molecule is C=C1C(=CC=C2CCC[C@]3(C)C(CC)=CCC23)CC(O)(SCC(=O)N(C)OC)C[C@@H]1O. The largest absolute Gasteiger partial charge is 0.388 e. The first-order valence-corrected chi connectivity index (χ1v) is 12.3. The molecule has 1 amide bonds. The van der Waals surface area contributed by atoms with E-state index in [1.807, 2.05) is 6.08 Å². The number of hydroxylamine groups is 2. The lowest BCUT2D eigenvalue weighted by Gasteiger charge is -2.41. The lowest BCUT2D eigenvalue weighted by atomic mass is 9.64. The van der Waals surface area contributed by atoms with E-state index < -0.39 is 11.0 Å². The van der Waals surface area contributed by atoms with Gasteiger partial charge in [-0.25, -0.2) is 5.06 Å². The van der Waals surface area contributed by atoms with E-state index in [9.17, 15) is 15.0 Å². The minimum atomic E-state index is -1.21. The van der Waals surface area contributed by atoms with Crippen LogP contribution in [0.2, 0.25) is 0 Å². The third-order valence-corrected chi connectivity index (χ3v) is 8.71. The zero-order chi connectivity index (χ0) is 22.8. The van der Waals surface area contributed by atoms with E-state index in [1.54, 1.807) is 12.6 Å². The van der Waals surface area contributed by atoms with E-state index in [1.165, 1.54) is 25.5 Å². The summed E-state index contributed by atoms with van der Waals surface area (Å²) in [7, 11) is 2.97. The topological polar surface area (TPSA) is 70.0 Å². The van der Waals surface area contributed by atoms with Gasteiger partial charge in [0.2, 0.25) is 0 Å². The normalized spacial score (nSPS) is 35.9. The van der Waals surface area contributed by atoms with Crippen molar-refractivity contribution in [3.63, 3.8) is 0 Å². The van der Waals surface area contributed by atoms with Crippen LogP contribution in [0.25, 0.3) is 0 Å². The number of aliphatic hydroxyl groups is 2. The van der Waals surface area contributed by atoms with Crippen molar-refractivity contribution in [1.29, 1.82) is 0 Å². The number of rotatable bonds is 6. The quantitative estimate of drug-likeness (QED) is 0.355. The van der Waals surface area contributed by atoms with Gasteiger partial charge in [-0.3, -0.25) is 9.63 Å². The van der Waals surface area contributed by atoms with Gasteiger partial charge in [0, 0.05) is 19.9 Å². The highest BCUT2D eigenvalue weighted by Crippen LogP contribution is 2.55. The molecule has 0 spiro atoms. The Morgan fingerprint density at radius 2 is 2.19 bits per heavy atom. The van der Waals surface area contributed by atoms with Gasteiger partial charge < -0.3 is 10.2 Å². The summed E-state index contributed by atoms with van der Waals surface area (Å²) in [5.41, 5.74) is 4.85. The van der Waals surface area contributed by atoms with E-state index in [0.29, 0.717) is 17.9 Å². The number of thioether (sulfide) groups is 1. The molecule has 0 radical (unpaired) electrons. The summed E-state index contributed by atoms with van der Waals surface area (Å²) in [5, 5.41) is 22.8. The molecule has 2 unspecified atom stereocenters. The van der Waals surface area contributed by atoms with Crippen LogP contribution < -0.4 is 0 Å². The summed E-state index contributed by atoms with van der Waals surface area (Å²) >= 11 is 1.15. The molecule has 0 heterocycles. The van der Waals surface area contributed by atoms with Crippen molar-refractivity contribution in [2.24, 2.45) is 11.3 Å². The lowest BCUT2D eigenvalue weighted by Crippen LogP contribution is -2.38. The highest BCUT2D eigenvalue weighted by atomic mass is 32.2. The predicted molar refractivity (Wildman–Crippen MR) is 126 cm³/mol. The van der Waals surface area contributed by atoms with Gasteiger partial charge in [-0.1, -0.05) is 49.8 Å². The fraction of sp³-hybridized carbons (Fsp3) is 0.640. The summed E-state index contributed by atoms with van der Waals surface area (Å²) < 4.78 is 0. The van der Waals surface area contributed by atoms with Gasteiger partial charge in [0.05, 0.1) is 19.0 Å². The second-order valence-corrected chi connectivity index (χ2v) is 10.6. The van der Waals surface area contributed by atoms with Crippen LogP contribution in [0.4, 0.5) is 0 Å². The van der Waals surface area contributed by atoms with Crippen molar-refractivity contribution in [3.8, 4) is 0 Å². The molecule has 3 rings (SSSR count). The first kappa shape index (κ1) is 24.3.